The van der Waals surface area contributed by atoms with Gasteiger partial charge in [-0.25, -0.2) is 13.8 Å². The van der Waals surface area contributed by atoms with Gasteiger partial charge >= 0.3 is 0 Å². The third-order valence-electron chi connectivity index (χ3n) is 3.87. The summed E-state index contributed by atoms with van der Waals surface area (Å²) in [6, 6.07) is 5.85. The van der Waals surface area contributed by atoms with Crippen molar-refractivity contribution in [3.05, 3.63) is 59.7 Å². The van der Waals surface area contributed by atoms with Crippen LogP contribution in [0.25, 0.3) is 0 Å². The molecule has 2 rings (SSSR count). The first-order chi connectivity index (χ1) is 13.4. The Labute approximate surface area is 159 Å². The molecule has 1 heterocycles. The Kier molecular flexibility index (Phi) is 7.94. The summed E-state index contributed by atoms with van der Waals surface area (Å²) in [5, 5.41) is 2.46. The maximum atomic E-state index is 13.6. The number of amides is 1. The second kappa shape index (κ2) is 10.4. The predicted molar refractivity (Wildman–Crippen MR) is 95.2 cm³/mol. The van der Waals surface area contributed by atoms with E-state index in [1.165, 1.54) is 18.2 Å². The Hall–Kier alpha value is -2.94. The number of ether oxygens (including phenoxy) is 1. The molecule has 1 aromatic carbocycles. The SMILES string of the molecule is NCCCCC(NC(=O)c1cccc(F)n1)C(=O)COc1c(F)cccc1F. The molecular formula is C19H20F3N3O3. The molecule has 9 heteroatoms. The molecule has 0 aliphatic rings. The van der Waals surface area contributed by atoms with Crippen molar-refractivity contribution in [3.8, 4) is 5.75 Å². The van der Waals surface area contributed by atoms with Gasteiger partial charge < -0.3 is 15.8 Å². The summed E-state index contributed by atoms with van der Waals surface area (Å²) in [4.78, 5) is 28.2. The van der Waals surface area contributed by atoms with Crippen LogP contribution in [0.15, 0.2) is 36.4 Å². The van der Waals surface area contributed by atoms with Crippen LogP contribution in [0, 0.1) is 17.6 Å². The van der Waals surface area contributed by atoms with Gasteiger partial charge in [-0.05, 0) is 50.1 Å². The van der Waals surface area contributed by atoms with Crippen molar-refractivity contribution in [2.45, 2.75) is 25.3 Å². The lowest BCUT2D eigenvalue weighted by Gasteiger charge is -2.18. The monoisotopic (exact) mass is 395 g/mol. The molecule has 0 aliphatic heterocycles. The average molecular weight is 395 g/mol. The molecule has 28 heavy (non-hydrogen) atoms. The summed E-state index contributed by atoms with van der Waals surface area (Å²) in [5.41, 5.74) is 5.24. The number of carbonyl (C=O) groups excluding carboxylic acids is 2. The minimum atomic E-state index is -1.00. The van der Waals surface area contributed by atoms with Crippen LogP contribution >= 0.6 is 0 Å². The van der Waals surface area contributed by atoms with Crippen molar-refractivity contribution >= 4 is 11.7 Å². The lowest BCUT2D eigenvalue weighted by atomic mass is 10.1. The van der Waals surface area contributed by atoms with Gasteiger partial charge in [-0.1, -0.05) is 12.1 Å². The van der Waals surface area contributed by atoms with E-state index < -0.39 is 47.7 Å². The largest absolute Gasteiger partial charge is 0.480 e. The predicted octanol–water partition coefficient (Wildman–Crippen LogP) is 2.37. The molecule has 150 valence electrons. The first kappa shape index (κ1) is 21.4. The average Bonchev–Trinajstić information content (AvgIpc) is 2.66. The van der Waals surface area contributed by atoms with Gasteiger partial charge in [0.25, 0.3) is 5.91 Å². The number of benzene rings is 1. The van der Waals surface area contributed by atoms with Crippen LogP contribution in [0.1, 0.15) is 29.8 Å². The summed E-state index contributed by atoms with van der Waals surface area (Å²) in [5.74, 6) is -4.74. The lowest BCUT2D eigenvalue weighted by Crippen LogP contribution is -2.43. The summed E-state index contributed by atoms with van der Waals surface area (Å²) in [6.07, 6.45) is 1.37. The zero-order valence-corrected chi connectivity index (χ0v) is 15.0. The Morgan fingerprint density at radius 3 is 2.39 bits per heavy atom. The molecule has 2 aromatic rings. The summed E-state index contributed by atoms with van der Waals surface area (Å²) < 4.78 is 45.4. The van der Waals surface area contributed by atoms with E-state index in [1.807, 2.05) is 0 Å². The number of nitrogens with two attached hydrogens (primary N) is 1. The molecule has 1 aromatic heterocycles. The molecule has 6 nitrogen and oxygen atoms in total. The van der Waals surface area contributed by atoms with Crippen LogP contribution in [0.2, 0.25) is 0 Å². The third kappa shape index (κ3) is 6.05. The Bertz CT molecular complexity index is 813. The van der Waals surface area contributed by atoms with Gasteiger partial charge in [-0.3, -0.25) is 9.59 Å². The molecular weight excluding hydrogens is 375 g/mol. The zero-order chi connectivity index (χ0) is 20.5. The van der Waals surface area contributed by atoms with Gasteiger partial charge in [0.2, 0.25) is 5.95 Å². The molecule has 0 saturated carbocycles. The second-order valence-electron chi connectivity index (χ2n) is 5.96. The number of hydrogen-bond acceptors (Lipinski definition) is 5. The Balaban J connectivity index is 2.06. The third-order valence-corrected chi connectivity index (χ3v) is 3.87. The maximum Gasteiger partial charge on any atom is 0.270 e. The fraction of sp³-hybridized carbons (Fsp3) is 0.316. The molecule has 0 saturated heterocycles. The number of Topliss-reactive ketones (excluding diaryl/α,β-unsaturated/α-hetero) is 1. The van der Waals surface area contributed by atoms with Gasteiger partial charge in [0.05, 0.1) is 6.04 Å². The van der Waals surface area contributed by atoms with E-state index in [0.29, 0.717) is 19.4 Å². The molecule has 0 fully saturated rings. The number of nitrogens with zero attached hydrogens (tertiary/aromatic N) is 1. The number of para-hydroxylation sites is 1. The van der Waals surface area contributed by atoms with Crippen LogP contribution in [-0.2, 0) is 4.79 Å². The highest BCUT2D eigenvalue weighted by Crippen LogP contribution is 2.21. The first-order valence-electron chi connectivity index (χ1n) is 8.65. The second-order valence-corrected chi connectivity index (χ2v) is 5.96. The summed E-state index contributed by atoms with van der Waals surface area (Å²) in [6.45, 7) is -0.251. The zero-order valence-electron chi connectivity index (χ0n) is 15.0. The lowest BCUT2D eigenvalue weighted by molar-refractivity contribution is -0.123. The number of pyridine rings is 1. The smallest absolute Gasteiger partial charge is 0.270 e. The minimum Gasteiger partial charge on any atom is -0.480 e. The van der Waals surface area contributed by atoms with Crippen molar-refractivity contribution in [1.29, 1.82) is 0 Å². The molecule has 0 aliphatic carbocycles. The number of nitrogens with one attached hydrogen (secondary N) is 1. The van der Waals surface area contributed by atoms with E-state index in [0.717, 1.165) is 18.2 Å². The van der Waals surface area contributed by atoms with E-state index in [2.05, 4.69) is 10.3 Å². The highest BCUT2D eigenvalue weighted by molar-refractivity contribution is 5.96. The number of unbranched alkanes of at least 4 members (excludes halogenated alkanes) is 1. The Morgan fingerprint density at radius 1 is 1.07 bits per heavy atom. The number of halogens is 3. The highest BCUT2D eigenvalue weighted by Gasteiger charge is 2.23. The molecule has 0 radical (unpaired) electrons. The fourth-order valence-electron chi connectivity index (χ4n) is 2.44. The maximum absolute atomic E-state index is 13.6. The summed E-state index contributed by atoms with van der Waals surface area (Å²) >= 11 is 0. The molecule has 0 spiro atoms. The minimum absolute atomic E-state index is 0.197. The van der Waals surface area contributed by atoms with Crippen molar-refractivity contribution < 1.29 is 27.5 Å². The number of hydrogen-bond donors (Lipinski definition) is 2. The van der Waals surface area contributed by atoms with Crippen molar-refractivity contribution in [3.63, 3.8) is 0 Å². The molecule has 3 N–H and O–H groups in total. The first-order valence-corrected chi connectivity index (χ1v) is 8.65. The van der Waals surface area contributed by atoms with Crippen LogP contribution in [0.3, 0.4) is 0 Å². The Morgan fingerprint density at radius 2 is 1.75 bits per heavy atom. The van der Waals surface area contributed by atoms with E-state index >= 15 is 0 Å². The number of aromatic nitrogens is 1. The van der Waals surface area contributed by atoms with Crippen LogP contribution in [0.5, 0.6) is 5.75 Å². The van der Waals surface area contributed by atoms with E-state index in [4.69, 9.17) is 10.5 Å². The topological polar surface area (TPSA) is 94.3 Å². The number of ketones is 1. The molecule has 1 amide bonds. The molecule has 1 unspecified atom stereocenters. The summed E-state index contributed by atoms with van der Waals surface area (Å²) in [7, 11) is 0. The van der Waals surface area contributed by atoms with Crippen LogP contribution in [0.4, 0.5) is 13.2 Å². The quantitative estimate of drug-likeness (QED) is 0.476. The highest BCUT2D eigenvalue weighted by atomic mass is 19.1. The van der Waals surface area contributed by atoms with Crippen LogP contribution in [-0.4, -0.2) is 35.9 Å². The fourth-order valence-corrected chi connectivity index (χ4v) is 2.44. The van der Waals surface area contributed by atoms with Crippen molar-refractivity contribution in [2.24, 2.45) is 5.73 Å². The molecule has 1 atom stereocenters. The van der Waals surface area contributed by atoms with E-state index in [9.17, 15) is 22.8 Å². The standard InChI is InChI=1S/C19H20F3N3O3/c20-12-5-3-6-13(21)18(12)28-11-16(26)14(7-1-2-10-23)25-19(27)15-8-4-9-17(22)24-15/h3-6,8-9,14H,1-2,7,10-11,23H2,(H,25,27). The van der Waals surface area contributed by atoms with E-state index in [-0.39, 0.29) is 12.1 Å². The van der Waals surface area contributed by atoms with Crippen molar-refractivity contribution in [1.82, 2.24) is 10.3 Å². The van der Waals surface area contributed by atoms with Gasteiger partial charge in [0, 0.05) is 0 Å². The number of carbonyl (C=O) groups is 2. The van der Waals surface area contributed by atoms with E-state index in [1.54, 1.807) is 0 Å². The molecule has 0 bridgehead atoms. The van der Waals surface area contributed by atoms with Gasteiger partial charge in [-0.15, -0.1) is 0 Å². The van der Waals surface area contributed by atoms with Gasteiger partial charge in [-0.2, -0.15) is 4.39 Å². The van der Waals surface area contributed by atoms with Gasteiger partial charge in [0.1, 0.15) is 12.3 Å². The number of rotatable bonds is 10. The van der Waals surface area contributed by atoms with Crippen LogP contribution < -0.4 is 15.8 Å². The normalized spacial score (nSPS) is 11.7. The van der Waals surface area contributed by atoms with Crippen molar-refractivity contribution in [2.75, 3.05) is 13.2 Å². The van der Waals surface area contributed by atoms with Gasteiger partial charge in [0.15, 0.2) is 23.2 Å².